The maximum atomic E-state index is 8.55. The molecule has 1 aromatic rings. The van der Waals surface area contributed by atoms with E-state index in [1.165, 1.54) is 0 Å². The number of nitrogens with two attached hydrogens (primary N) is 1. The second-order valence-corrected chi connectivity index (χ2v) is 2.38. The van der Waals surface area contributed by atoms with Crippen LogP contribution in [-0.4, -0.2) is 11.5 Å². The summed E-state index contributed by atoms with van der Waals surface area (Å²) in [7, 11) is 0. The Labute approximate surface area is 77.2 Å². The molecule has 3 nitrogen and oxygen atoms in total. The fourth-order valence-corrected chi connectivity index (χ4v) is 0.806. The van der Waals surface area contributed by atoms with Gasteiger partial charge in [0.05, 0.1) is 0 Å². The van der Waals surface area contributed by atoms with Crippen molar-refractivity contribution in [3.05, 3.63) is 29.6 Å². The van der Waals surface area contributed by atoms with Crippen molar-refractivity contribution in [2.75, 3.05) is 6.54 Å². The van der Waals surface area contributed by atoms with Gasteiger partial charge in [-0.3, -0.25) is 0 Å². The third-order valence-corrected chi connectivity index (χ3v) is 1.38. The highest BCUT2D eigenvalue weighted by molar-refractivity contribution is 5.37. The van der Waals surface area contributed by atoms with Gasteiger partial charge < -0.3 is 5.73 Å². The Morgan fingerprint density at radius 2 is 2.38 bits per heavy atom. The molecule has 1 rings (SSSR count). The topological polar surface area (TPSA) is 62.7 Å². The minimum Gasteiger partial charge on any atom is -0.330 e. The van der Waals surface area contributed by atoms with E-state index in [1.807, 2.05) is 6.07 Å². The Bertz CT molecular complexity index is 379. The fourth-order valence-electron chi connectivity index (χ4n) is 0.806. The highest BCUT2D eigenvalue weighted by atomic mass is 14.7. The van der Waals surface area contributed by atoms with E-state index in [-0.39, 0.29) is 0 Å². The van der Waals surface area contributed by atoms with Crippen molar-refractivity contribution in [2.45, 2.75) is 6.42 Å². The summed E-state index contributed by atoms with van der Waals surface area (Å²) < 4.78 is 0. The number of nitriles is 1. The smallest absolute Gasteiger partial charge is 0.141 e. The van der Waals surface area contributed by atoms with E-state index in [0.717, 1.165) is 5.56 Å². The van der Waals surface area contributed by atoms with Gasteiger partial charge in [0.2, 0.25) is 0 Å². The second-order valence-electron chi connectivity index (χ2n) is 2.38. The van der Waals surface area contributed by atoms with Crippen LogP contribution < -0.4 is 5.73 Å². The quantitative estimate of drug-likeness (QED) is 0.631. The van der Waals surface area contributed by atoms with Crippen LogP contribution in [0.15, 0.2) is 18.3 Å². The molecule has 64 valence electrons. The summed E-state index contributed by atoms with van der Waals surface area (Å²) in [5.74, 6) is 5.79. The molecule has 0 bridgehead atoms. The molecule has 13 heavy (non-hydrogen) atoms. The van der Waals surface area contributed by atoms with Crippen molar-refractivity contribution < 1.29 is 0 Å². The number of nitrogens with zero attached hydrogens (tertiary/aromatic N) is 2. The lowest BCUT2D eigenvalue weighted by Gasteiger charge is -1.89. The summed E-state index contributed by atoms with van der Waals surface area (Å²) in [6.45, 7) is 0.559. The van der Waals surface area contributed by atoms with Gasteiger partial charge >= 0.3 is 0 Å². The van der Waals surface area contributed by atoms with Crippen LogP contribution in [0, 0.1) is 23.2 Å². The van der Waals surface area contributed by atoms with Crippen molar-refractivity contribution in [3.8, 4) is 17.9 Å². The Kier molecular flexibility index (Phi) is 3.50. The van der Waals surface area contributed by atoms with Gasteiger partial charge in [-0.05, 0) is 12.1 Å². The van der Waals surface area contributed by atoms with E-state index >= 15 is 0 Å². The molecule has 2 N–H and O–H groups in total. The van der Waals surface area contributed by atoms with E-state index in [1.54, 1.807) is 18.3 Å². The maximum Gasteiger partial charge on any atom is 0.141 e. The zero-order valence-corrected chi connectivity index (χ0v) is 7.12. The summed E-state index contributed by atoms with van der Waals surface area (Å²) in [5.41, 5.74) is 6.48. The van der Waals surface area contributed by atoms with E-state index < -0.39 is 0 Å². The highest BCUT2D eigenvalue weighted by Crippen LogP contribution is 1.98. The Morgan fingerprint density at radius 1 is 1.54 bits per heavy atom. The van der Waals surface area contributed by atoms with E-state index in [2.05, 4.69) is 16.8 Å². The van der Waals surface area contributed by atoms with Crippen molar-refractivity contribution in [2.24, 2.45) is 5.73 Å². The number of hydrogen-bond donors (Lipinski definition) is 1. The standard InChI is InChI=1S/C10H9N3/c11-5-2-1-3-9-4-6-13-10(7-9)8-12/h4,6-7H,2,5,11H2. The lowest BCUT2D eigenvalue weighted by Crippen LogP contribution is -1.95. The molecule has 0 aliphatic carbocycles. The third-order valence-electron chi connectivity index (χ3n) is 1.38. The molecule has 0 spiro atoms. The first-order valence-corrected chi connectivity index (χ1v) is 3.92. The number of rotatable bonds is 1. The van der Waals surface area contributed by atoms with Crippen molar-refractivity contribution >= 4 is 0 Å². The largest absolute Gasteiger partial charge is 0.330 e. The summed E-state index contributed by atoms with van der Waals surface area (Å²) in [6, 6.07) is 5.38. The van der Waals surface area contributed by atoms with Gasteiger partial charge in [-0.15, -0.1) is 0 Å². The first-order valence-electron chi connectivity index (χ1n) is 3.92. The van der Waals surface area contributed by atoms with Crippen LogP contribution in [-0.2, 0) is 0 Å². The van der Waals surface area contributed by atoms with Crippen LogP contribution in [0.5, 0.6) is 0 Å². The molecule has 0 aliphatic heterocycles. The van der Waals surface area contributed by atoms with E-state index in [9.17, 15) is 0 Å². The Hall–Kier alpha value is -1.84. The zero-order chi connectivity index (χ0) is 9.52. The summed E-state index contributed by atoms with van der Waals surface area (Å²) in [4.78, 5) is 3.83. The second kappa shape index (κ2) is 4.92. The minimum atomic E-state index is 0.388. The molecule has 0 fully saturated rings. The first-order chi connectivity index (χ1) is 6.36. The van der Waals surface area contributed by atoms with Crippen molar-refractivity contribution in [3.63, 3.8) is 0 Å². The molecular formula is C10H9N3. The first kappa shape index (κ1) is 9.25. The van der Waals surface area contributed by atoms with Gasteiger partial charge in [-0.2, -0.15) is 5.26 Å². The van der Waals surface area contributed by atoms with Gasteiger partial charge in [0.15, 0.2) is 0 Å². The van der Waals surface area contributed by atoms with Crippen molar-refractivity contribution in [1.29, 1.82) is 5.26 Å². The number of pyridine rings is 1. The molecule has 0 amide bonds. The van der Waals surface area contributed by atoms with Crippen LogP contribution in [0.1, 0.15) is 17.7 Å². The molecule has 0 aliphatic rings. The molecule has 0 aromatic carbocycles. The Morgan fingerprint density at radius 3 is 3.08 bits per heavy atom. The van der Waals surface area contributed by atoms with Crippen LogP contribution in [0.3, 0.4) is 0 Å². The molecular weight excluding hydrogens is 162 g/mol. The van der Waals surface area contributed by atoms with Crippen LogP contribution in [0.25, 0.3) is 0 Å². The predicted octanol–water partition coefficient (Wildman–Crippen LogP) is 0.654. The molecule has 0 unspecified atom stereocenters. The third kappa shape index (κ3) is 2.94. The van der Waals surface area contributed by atoms with Gasteiger partial charge in [0, 0.05) is 24.7 Å². The lowest BCUT2D eigenvalue weighted by molar-refractivity contribution is 1.03. The van der Waals surface area contributed by atoms with Gasteiger partial charge in [0.1, 0.15) is 11.8 Å². The van der Waals surface area contributed by atoms with Crippen molar-refractivity contribution in [1.82, 2.24) is 4.98 Å². The molecule has 0 radical (unpaired) electrons. The highest BCUT2D eigenvalue weighted by Gasteiger charge is 1.91. The molecule has 0 saturated heterocycles. The van der Waals surface area contributed by atoms with E-state index in [4.69, 9.17) is 11.0 Å². The lowest BCUT2D eigenvalue weighted by atomic mass is 10.2. The summed E-state index contributed by atoms with van der Waals surface area (Å²) in [6.07, 6.45) is 2.25. The number of hydrogen-bond acceptors (Lipinski definition) is 3. The summed E-state index contributed by atoms with van der Waals surface area (Å²) >= 11 is 0. The van der Waals surface area contributed by atoms with E-state index in [0.29, 0.717) is 18.7 Å². The summed E-state index contributed by atoms with van der Waals surface area (Å²) in [5, 5.41) is 8.55. The molecule has 1 aromatic heterocycles. The zero-order valence-electron chi connectivity index (χ0n) is 7.12. The monoisotopic (exact) mass is 171 g/mol. The molecule has 0 atom stereocenters. The predicted molar refractivity (Wildman–Crippen MR) is 49.5 cm³/mol. The fraction of sp³-hybridized carbons (Fsp3) is 0.200. The molecule has 1 heterocycles. The Balaban J connectivity index is 2.81. The van der Waals surface area contributed by atoms with Gasteiger partial charge in [-0.1, -0.05) is 11.8 Å². The molecule has 0 saturated carbocycles. The minimum absolute atomic E-state index is 0.388. The van der Waals surface area contributed by atoms with Gasteiger partial charge in [-0.25, -0.2) is 4.98 Å². The normalized spacial score (nSPS) is 8.31. The van der Waals surface area contributed by atoms with Gasteiger partial charge in [0.25, 0.3) is 0 Å². The number of aromatic nitrogens is 1. The van der Waals surface area contributed by atoms with Crippen LogP contribution >= 0.6 is 0 Å². The average molecular weight is 171 g/mol. The van der Waals surface area contributed by atoms with Crippen LogP contribution in [0.4, 0.5) is 0 Å². The maximum absolute atomic E-state index is 8.55. The molecule has 3 heteroatoms. The SMILES string of the molecule is N#Cc1cc(C#CCCN)ccn1. The average Bonchev–Trinajstić information content (AvgIpc) is 2.19. The van der Waals surface area contributed by atoms with Crippen LogP contribution in [0.2, 0.25) is 0 Å².